The molecule has 1 fully saturated rings. The third kappa shape index (κ3) is 3.08. The zero-order valence-electron chi connectivity index (χ0n) is 14.3. The predicted molar refractivity (Wildman–Crippen MR) is 94.9 cm³/mol. The van der Waals surface area contributed by atoms with Gasteiger partial charge >= 0.3 is 0 Å². The summed E-state index contributed by atoms with van der Waals surface area (Å²) in [6.07, 6.45) is 14.3. The van der Waals surface area contributed by atoms with Crippen LogP contribution < -0.4 is 5.32 Å². The average molecular weight is 335 g/mol. The van der Waals surface area contributed by atoms with E-state index in [1.54, 1.807) is 12.4 Å². The second-order valence-corrected chi connectivity index (χ2v) is 7.25. The van der Waals surface area contributed by atoms with Gasteiger partial charge in [0.1, 0.15) is 5.69 Å². The van der Waals surface area contributed by atoms with E-state index in [1.165, 1.54) is 11.1 Å². The molecule has 0 bridgehead atoms. The highest BCUT2D eigenvalue weighted by Gasteiger charge is 2.39. The standard InChI is InChI=1S/C19H21N5O/c1-3-12-10-20-18(21-11-12)16-14-6-4-5-7-15(14)17(24-23-16)22-13-8-19(2,25)9-13/h1,10-11,13,25H,4-9H2,2H3,(H,22,24). The molecule has 2 N–H and O–H groups in total. The minimum atomic E-state index is -0.558. The van der Waals surface area contributed by atoms with Gasteiger partial charge in [0.05, 0.1) is 11.2 Å². The Balaban J connectivity index is 1.66. The number of rotatable bonds is 3. The van der Waals surface area contributed by atoms with Gasteiger partial charge in [-0.25, -0.2) is 9.97 Å². The SMILES string of the molecule is C#Cc1cnc(-c2nnc(NC3CC(C)(O)C3)c3c2CCCC3)nc1. The van der Waals surface area contributed by atoms with E-state index in [0.29, 0.717) is 11.4 Å². The lowest BCUT2D eigenvalue weighted by Crippen LogP contribution is -2.48. The van der Waals surface area contributed by atoms with Crippen molar-refractivity contribution in [2.75, 3.05) is 5.32 Å². The predicted octanol–water partition coefficient (Wildman–Crippen LogP) is 2.12. The molecule has 2 heterocycles. The summed E-state index contributed by atoms with van der Waals surface area (Å²) in [6, 6.07) is 0.257. The van der Waals surface area contributed by atoms with Gasteiger partial charge in [-0.05, 0) is 51.0 Å². The number of terminal acetylenes is 1. The molecule has 2 aliphatic rings. The van der Waals surface area contributed by atoms with Crippen molar-refractivity contribution >= 4 is 5.82 Å². The normalized spacial score (nSPS) is 24.8. The van der Waals surface area contributed by atoms with Crippen molar-refractivity contribution in [2.45, 2.75) is 57.1 Å². The summed E-state index contributed by atoms with van der Waals surface area (Å²) in [7, 11) is 0. The fourth-order valence-electron chi connectivity index (χ4n) is 3.77. The Hall–Kier alpha value is -2.52. The fraction of sp³-hybridized carbons (Fsp3) is 0.474. The highest BCUT2D eigenvalue weighted by Crippen LogP contribution is 2.36. The van der Waals surface area contributed by atoms with E-state index in [2.05, 4.69) is 31.4 Å². The van der Waals surface area contributed by atoms with Crippen LogP contribution in [0.25, 0.3) is 11.5 Å². The van der Waals surface area contributed by atoms with E-state index in [4.69, 9.17) is 6.42 Å². The lowest BCUT2D eigenvalue weighted by molar-refractivity contribution is -0.0235. The fourth-order valence-corrected chi connectivity index (χ4v) is 3.77. The first-order valence-electron chi connectivity index (χ1n) is 8.72. The van der Waals surface area contributed by atoms with Crippen LogP contribution in [0.5, 0.6) is 0 Å². The molecule has 2 aromatic rings. The molecular formula is C19H21N5O. The molecule has 0 unspecified atom stereocenters. The van der Waals surface area contributed by atoms with E-state index in [0.717, 1.165) is 50.0 Å². The second kappa shape index (κ2) is 6.08. The van der Waals surface area contributed by atoms with Crippen LogP contribution in [0.2, 0.25) is 0 Å². The van der Waals surface area contributed by atoms with Gasteiger partial charge in [0.25, 0.3) is 0 Å². The molecule has 6 nitrogen and oxygen atoms in total. The summed E-state index contributed by atoms with van der Waals surface area (Å²) in [4.78, 5) is 8.71. The van der Waals surface area contributed by atoms with E-state index in [1.807, 2.05) is 6.92 Å². The van der Waals surface area contributed by atoms with Crippen molar-refractivity contribution in [2.24, 2.45) is 0 Å². The monoisotopic (exact) mass is 335 g/mol. The Labute approximate surface area is 147 Å². The van der Waals surface area contributed by atoms with Gasteiger partial charge in [-0.2, -0.15) is 0 Å². The third-order valence-corrected chi connectivity index (χ3v) is 5.03. The van der Waals surface area contributed by atoms with Crippen molar-refractivity contribution in [3.05, 3.63) is 29.1 Å². The topological polar surface area (TPSA) is 83.8 Å². The van der Waals surface area contributed by atoms with Crippen molar-refractivity contribution in [1.29, 1.82) is 0 Å². The van der Waals surface area contributed by atoms with Crippen molar-refractivity contribution < 1.29 is 5.11 Å². The van der Waals surface area contributed by atoms with E-state index < -0.39 is 5.60 Å². The zero-order chi connectivity index (χ0) is 17.4. The first kappa shape index (κ1) is 16.0. The maximum Gasteiger partial charge on any atom is 0.180 e. The Bertz CT molecular complexity index is 830. The minimum Gasteiger partial charge on any atom is -0.390 e. The highest BCUT2D eigenvalue weighted by atomic mass is 16.3. The number of aromatic nitrogens is 4. The molecule has 0 saturated heterocycles. The van der Waals surface area contributed by atoms with Crippen LogP contribution >= 0.6 is 0 Å². The van der Waals surface area contributed by atoms with Gasteiger partial charge in [-0.3, -0.25) is 0 Å². The molecule has 4 rings (SSSR count). The minimum absolute atomic E-state index is 0.257. The number of nitrogens with one attached hydrogen (secondary N) is 1. The summed E-state index contributed by atoms with van der Waals surface area (Å²) in [5, 5.41) is 22.2. The second-order valence-electron chi connectivity index (χ2n) is 7.25. The van der Waals surface area contributed by atoms with Crippen LogP contribution in [0.1, 0.15) is 49.3 Å². The Morgan fingerprint density at radius 2 is 1.84 bits per heavy atom. The molecule has 0 aliphatic heterocycles. The van der Waals surface area contributed by atoms with Crippen LogP contribution in [0.3, 0.4) is 0 Å². The smallest absolute Gasteiger partial charge is 0.180 e. The summed E-state index contributed by atoms with van der Waals surface area (Å²) in [5.41, 5.74) is 3.25. The summed E-state index contributed by atoms with van der Waals surface area (Å²) in [5.74, 6) is 3.95. The first-order chi connectivity index (χ1) is 12.1. The number of hydrogen-bond donors (Lipinski definition) is 2. The molecule has 1 saturated carbocycles. The molecule has 25 heavy (non-hydrogen) atoms. The average Bonchev–Trinajstić information content (AvgIpc) is 2.60. The summed E-state index contributed by atoms with van der Waals surface area (Å²) >= 11 is 0. The number of anilines is 1. The summed E-state index contributed by atoms with van der Waals surface area (Å²) < 4.78 is 0. The molecular weight excluding hydrogens is 314 g/mol. The number of hydrogen-bond acceptors (Lipinski definition) is 6. The molecule has 2 aromatic heterocycles. The Morgan fingerprint density at radius 1 is 1.16 bits per heavy atom. The van der Waals surface area contributed by atoms with E-state index in [-0.39, 0.29) is 6.04 Å². The van der Waals surface area contributed by atoms with E-state index in [9.17, 15) is 5.11 Å². The number of aliphatic hydroxyl groups is 1. The largest absolute Gasteiger partial charge is 0.390 e. The molecule has 0 aromatic carbocycles. The van der Waals surface area contributed by atoms with Crippen LogP contribution in [0.15, 0.2) is 12.4 Å². The molecule has 0 radical (unpaired) electrons. The Kier molecular flexibility index (Phi) is 3.89. The van der Waals surface area contributed by atoms with Gasteiger partial charge in [-0.1, -0.05) is 5.92 Å². The van der Waals surface area contributed by atoms with Gasteiger partial charge < -0.3 is 10.4 Å². The molecule has 0 spiro atoms. The first-order valence-corrected chi connectivity index (χ1v) is 8.72. The quantitative estimate of drug-likeness (QED) is 0.836. The molecule has 0 atom stereocenters. The van der Waals surface area contributed by atoms with Crippen LogP contribution in [-0.4, -0.2) is 36.9 Å². The highest BCUT2D eigenvalue weighted by molar-refractivity contribution is 5.63. The maximum absolute atomic E-state index is 9.93. The summed E-state index contributed by atoms with van der Waals surface area (Å²) in [6.45, 7) is 1.87. The van der Waals surface area contributed by atoms with Crippen molar-refractivity contribution in [1.82, 2.24) is 20.2 Å². The van der Waals surface area contributed by atoms with Crippen LogP contribution in [0.4, 0.5) is 5.82 Å². The van der Waals surface area contributed by atoms with Gasteiger partial charge in [0.15, 0.2) is 11.6 Å². The number of fused-ring (bicyclic) bond motifs is 1. The van der Waals surface area contributed by atoms with Gasteiger partial charge in [-0.15, -0.1) is 16.6 Å². The maximum atomic E-state index is 9.93. The Morgan fingerprint density at radius 3 is 2.48 bits per heavy atom. The lowest BCUT2D eigenvalue weighted by Gasteiger charge is -2.41. The molecule has 6 heteroatoms. The van der Waals surface area contributed by atoms with E-state index >= 15 is 0 Å². The van der Waals surface area contributed by atoms with Crippen molar-refractivity contribution in [3.8, 4) is 23.9 Å². The molecule has 2 aliphatic carbocycles. The van der Waals surface area contributed by atoms with Crippen molar-refractivity contribution in [3.63, 3.8) is 0 Å². The van der Waals surface area contributed by atoms with Crippen LogP contribution in [0, 0.1) is 12.3 Å². The van der Waals surface area contributed by atoms with Gasteiger partial charge in [0, 0.05) is 24.0 Å². The molecule has 128 valence electrons. The molecule has 0 amide bonds. The van der Waals surface area contributed by atoms with Crippen LogP contribution in [-0.2, 0) is 12.8 Å². The third-order valence-electron chi connectivity index (χ3n) is 5.03. The lowest BCUT2D eigenvalue weighted by atomic mass is 9.77. The van der Waals surface area contributed by atoms with Gasteiger partial charge in [0.2, 0.25) is 0 Å². The zero-order valence-corrected chi connectivity index (χ0v) is 14.3. The number of nitrogens with zero attached hydrogens (tertiary/aromatic N) is 4.